The fourth-order valence-corrected chi connectivity index (χ4v) is 0.555. The van der Waals surface area contributed by atoms with Crippen molar-refractivity contribution in [1.82, 2.24) is 0 Å². The highest BCUT2D eigenvalue weighted by atomic mass is 31.2. The van der Waals surface area contributed by atoms with Crippen LogP contribution in [0.4, 0.5) is 0 Å². The summed E-state index contributed by atoms with van der Waals surface area (Å²) in [5.41, 5.74) is 9.58. The van der Waals surface area contributed by atoms with Crippen molar-refractivity contribution in [2.45, 2.75) is 0 Å². The summed E-state index contributed by atoms with van der Waals surface area (Å²) in [6.45, 7) is 0.171. The van der Waals surface area contributed by atoms with Crippen LogP contribution in [0.2, 0.25) is 0 Å². The quantitative estimate of drug-likeness (QED) is 0.415. The first-order chi connectivity index (χ1) is 3.06. The maximum Gasteiger partial charge on any atom is 0.265 e. The first-order valence-corrected chi connectivity index (χ1v) is 3.78. The summed E-state index contributed by atoms with van der Waals surface area (Å²) in [6.07, 6.45) is 0.00694. The summed E-state index contributed by atoms with van der Waals surface area (Å²) in [5, 5.41) is 0. The second kappa shape index (κ2) is 2.43. The SMILES string of the molecule is NCCP(N)(=O)O. The Morgan fingerprint density at radius 3 is 2.14 bits per heavy atom. The average Bonchev–Trinajstić information content (AvgIpc) is 1.30. The highest BCUT2D eigenvalue weighted by Gasteiger charge is 2.05. The van der Waals surface area contributed by atoms with Crippen molar-refractivity contribution in [2.24, 2.45) is 11.2 Å². The summed E-state index contributed by atoms with van der Waals surface area (Å²) < 4.78 is 10.1. The van der Waals surface area contributed by atoms with E-state index in [4.69, 9.17) is 10.6 Å². The third-order valence-electron chi connectivity index (χ3n) is 0.449. The summed E-state index contributed by atoms with van der Waals surface area (Å²) in [6, 6.07) is 0. The van der Waals surface area contributed by atoms with Crippen LogP contribution in [0.25, 0.3) is 0 Å². The average molecular weight is 124 g/mol. The molecule has 0 aromatic rings. The van der Waals surface area contributed by atoms with Crippen LogP contribution in [-0.2, 0) is 4.57 Å². The van der Waals surface area contributed by atoms with Gasteiger partial charge in [-0.2, -0.15) is 0 Å². The van der Waals surface area contributed by atoms with Crippen LogP contribution in [0.5, 0.6) is 0 Å². The molecule has 1 unspecified atom stereocenters. The van der Waals surface area contributed by atoms with E-state index in [9.17, 15) is 4.57 Å². The third kappa shape index (κ3) is 6.11. The van der Waals surface area contributed by atoms with Crippen molar-refractivity contribution in [3.8, 4) is 0 Å². The van der Waals surface area contributed by atoms with Gasteiger partial charge in [-0.25, -0.2) is 0 Å². The Balaban J connectivity index is 3.36. The molecule has 0 rings (SSSR count). The van der Waals surface area contributed by atoms with Crippen LogP contribution in [-0.4, -0.2) is 17.6 Å². The Bertz CT molecular complexity index is 87.7. The van der Waals surface area contributed by atoms with Crippen molar-refractivity contribution in [2.75, 3.05) is 12.7 Å². The monoisotopic (exact) mass is 124 g/mol. The Morgan fingerprint density at radius 1 is 1.71 bits per heavy atom. The molecule has 1 atom stereocenters. The van der Waals surface area contributed by atoms with Gasteiger partial charge in [0.1, 0.15) is 0 Å². The smallest absolute Gasteiger partial charge is 0.265 e. The largest absolute Gasteiger partial charge is 0.333 e. The Hall–Kier alpha value is 0.110. The van der Waals surface area contributed by atoms with Gasteiger partial charge in [-0.15, -0.1) is 0 Å². The van der Waals surface area contributed by atoms with E-state index in [2.05, 4.69) is 5.50 Å². The molecular weight excluding hydrogens is 115 g/mol. The Kier molecular flexibility index (Phi) is 2.46. The lowest BCUT2D eigenvalue weighted by atomic mass is 10.8. The minimum atomic E-state index is -3.29. The van der Waals surface area contributed by atoms with Crippen LogP contribution in [0.3, 0.4) is 0 Å². The van der Waals surface area contributed by atoms with E-state index in [1.54, 1.807) is 0 Å². The van der Waals surface area contributed by atoms with E-state index in [-0.39, 0.29) is 12.7 Å². The van der Waals surface area contributed by atoms with E-state index in [1.165, 1.54) is 0 Å². The van der Waals surface area contributed by atoms with Gasteiger partial charge in [-0.05, 0) is 0 Å². The minimum absolute atomic E-state index is 0.00694. The van der Waals surface area contributed by atoms with Crippen molar-refractivity contribution >= 4 is 7.52 Å². The predicted molar refractivity (Wildman–Crippen MR) is 27.9 cm³/mol. The van der Waals surface area contributed by atoms with Gasteiger partial charge in [-0.1, -0.05) is 0 Å². The minimum Gasteiger partial charge on any atom is -0.333 e. The molecule has 0 aromatic heterocycles. The molecule has 5 heteroatoms. The molecule has 5 N–H and O–H groups in total. The number of nitrogens with two attached hydrogens (primary N) is 2. The molecule has 0 aliphatic carbocycles. The first-order valence-electron chi connectivity index (χ1n) is 1.87. The van der Waals surface area contributed by atoms with Crippen LogP contribution < -0.4 is 11.2 Å². The van der Waals surface area contributed by atoms with Crippen LogP contribution in [0, 0.1) is 0 Å². The molecule has 0 fully saturated rings. The van der Waals surface area contributed by atoms with Crippen LogP contribution >= 0.6 is 7.52 Å². The molecule has 4 nitrogen and oxygen atoms in total. The molecule has 0 bridgehead atoms. The Labute approximate surface area is 42.0 Å². The fraction of sp³-hybridized carbons (Fsp3) is 1.00. The summed E-state index contributed by atoms with van der Waals surface area (Å²) >= 11 is 0. The van der Waals surface area contributed by atoms with Gasteiger partial charge in [0.25, 0.3) is 7.52 Å². The van der Waals surface area contributed by atoms with E-state index in [0.29, 0.717) is 0 Å². The molecule has 0 saturated carbocycles. The molecule has 0 spiro atoms. The third-order valence-corrected chi connectivity index (χ3v) is 1.35. The van der Waals surface area contributed by atoms with Gasteiger partial charge in [0, 0.05) is 6.54 Å². The topological polar surface area (TPSA) is 89.3 Å². The van der Waals surface area contributed by atoms with Gasteiger partial charge >= 0.3 is 0 Å². The summed E-state index contributed by atoms with van der Waals surface area (Å²) in [4.78, 5) is 8.27. The lowest BCUT2D eigenvalue weighted by molar-refractivity contribution is 0.480. The van der Waals surface area contributed by atoms with Crippen LogP contribution in [0.15, 0.2) is 0 Å². The van der Waals surface area contributed by atoms with Gasteiger partial charge in [0.2, 0.25) is 0 Å². The van der Waals surface area contributed by atoms with Crippen molar-refractivity contribution in [3.05, 3.63) is 0 Å². The molecule has 0 aromatic carbocycles. The molecular formula is C2H9N2O2P. The Morgan fingerprint density at radius 2 is 2.14 bits per heavy atom. The van der Waals surface area contributed by atoms with Gasteiger partial charge in [0.15, 0.2) is 0 Å². The summed E-state index contributed by atoms with van der Waals surface area (Å²) in [7, 11) is -3.29. The normalized spacial score (nSPS) is 18.7. The molecule has 0 amide bonds. The molecule has 44 valence electrons. The first kappa shape index (κ1) is 7.11. The lowest BCUT2D eigenvalue weighted by Crippen LogP contribution is -2.09. The molecule has 7 heavy (non-hydrogen) atoms. The zero-order valence-electron chi connectivity index (χ0n) is 3.87. The molecule has 0 heterocycles. The van der Waals surface area contributed by atoms with Gasteiger partial charge in [-0.3, -0.25) is 10.1 Å². The molecule has 0 radical (unpaired) electrons. The number of rotatable bonds is 2. The fourth-order valence-electron chi connectivity index (χ4n) is 0.185. The van der Waals surface area contributed by atoms with E-state index >= 15 is 0 Å². The zero-order valence-corrected chi connectivity index (χ0v) is 4.77. The van der Waals surface area contributed by atoms with Gasteiger partial charge in [0.05, 0.1) is 6.16 Å². The van der Waals surface area contributed by atoms with E-state index in [0.717, 1.165) is 0 Å². The lowest BCUT2D eigenvalue weighted by Gasteiger charge is -1.98. The standard InChI is InChI=1S/C2H9N2O2P/c3-1-2-7(4,5)6/h1-3H2,(H3,4,5,6). The maximum atomic E-state index is 10.1. The van der Waals surface area contributed by atoms with Gasteiger partial charge < -0.3 is 10.6 Å². The zero-order chi connectivity index (χ0) is 5.91. The van der Waals surface area contributed by atoms with E-state index in [1.807, 2.05) is 0 Å². The van der Waals surface area contributed by atoms with E-state index < -0.39 is 7.52 Å². The molecule has 0 aliphatic heterocycles. The summed E-state index contributed by atoms with van der Waals surface area (Å²) in [5.74, 6) is 0. The maximum absolute atomic E-state index is 10.1. The number of hydrogen-bond acceptors (Lipinski definition) is 2. The number of hydrogen-bond donors (Lipinski definition) is 3. The highest BCUT2D eigenvalue weighted by Crippen LogP contribution is 2.27. The second-order valence-corrected chi connectivity index (χ2v) is 3.23. The van der Waals surface area contributed by atoms with Crippen molar-refractivity contribution in [3.63, 3.8) is 0 Å². The predicted octanol–water partition coefficient (Wildman–Crippen LogP) is -0.911. The highest BCUT2D eigenvalue weighted by molar-refractivity contribution is 7.55. The van der Waals surface area contributed by atoms with Crippen molar-refractivity contribution in [1.29, 1.82) is 0 Å². The second-order valence-electron chi connectivity index (χ2n) is 1.27. The van der Waals surface area contributed by atoms with Crippen LogP contribution in [0.1, 0.15) is 0 Å². The van der Waals surface area contributed by atoms with Crippen molar-refractivity contribution < 1.29 is 9.46 Å². The molecule has 0 aliphatic rings. The molecule has 0 saturated heterocycles.